The standard InChI is InChI=1S/C13H20BrN3O2/c1-3-4-5-6-7-10(2)16-13-12(14)8-11(9-15-13)17(18)19/h8-10H,3-7H2,1-2H3,(H,15,16). The summed E-state index contributed by atoms with van der Waals surface area (Å²) in [6.45, 7) is 4.29. The van der Waals surface area contributed by atoms with Crippen molar-refractivity contribution in [1.29, 1.82) is 0 Å². The fourth-order valence-corrected chi connectivity index (χ4v) is 2.27. The van der Waals surface area contributed by atoms with Crippen molar-refractivity contribution in [2.45, 2.75) is 52.0 Å². The Labute approximate surface area is 122 Å². The van der Waals surface area contributed by atoms with Crippen LogP contribution in [0.2, 0.25) is 0 Å². The first-order valence-electron chi connectivity index (χ1n) is 6.61. The number of anilines is 1. The van der Waals surface area contributed by atoms with Crippen molar-refractivity contribution < 1.29 is 4.92 Å². The van der Waals surface area contributed by atoms with Gasteiger partial charge in [0.1, 0.15) is 12.0 Å². The molecule has 1 aromatic heterocycles. The van der Waals surface area contributed by atoms with Crippen LogP contribution in [0, 0.1) is 10.1 Å². The van der Waals surface area contributed by atoms with Crippen molar-refractivity contribution in [3.63, 3.8) is 0 Å². The van der Waals surface area contributed by atoms with Crippen LogP contribution in [-0.2, 0) is 0 Å². The van der Waals surface area contributed by atoms with E-state index in [-0.39, 0.29) is 5.69 Å². The molecule has 19 heavy (non-hydrogen) atoms. The highest BCUT2D eigenvalue weighted by Gasteiger charge is 2.12. The predicted octanol–water partition coefficient (Wildman–Crippen LogP) is 4.52. The largest absolute Gasteiger partial charge is 0.367 e. The van der Waals surface area contributed by atoms with Crippen LogP contribution in [0.5, 0.6) is 0 Å². The lowest BCUT2D eigenvalue weighted by molar-refractivity contribution is -0.385. The number of nitro groups is 1. The molecule has 0 radical (unpaired) electrons. The Morgan fingerprint density at radius 1 is 1.47 bits per heavy atom. The van der Waals surface area contributed by atoms with Crippen molar-refractivity contribution in [3.8, 4) is 0 Å². The van der Waals surface area contributed by atoms with Crippen LogP contribution < -0.4 is 5.32 Å². The Kier molecular flexibility index (Phi) is 6.77. The number of aromatic nitrogens is 1. The fourth-order valence-electron chi connectivity index (χ4n) is 1.82. The molecule has 5 nitrogen and oxygen atoms in total. The molecule has 1 unspecified atom stereocenters. The molecule has 0 amide bonds. The van der Waals surface area contributed by atoms with Gasteiger partial charge in [-0.25, -0.2) is 4.98 Å². The maximum absolute atomic E-state index is 10.6. The molecule has 0 saturated heterocycles. The minimum absolute atomic E-state index is 0.00646. The third-order valence-corrected chi connectivity index (χ3v) is 3.52. The van der Waals surface area contributed by atoms with E-state index in [2.05, 4.69) is 40.1 Å². The Morgan fingerprint density at radius 3 is 2.79 bits per heavy atom. The minimum atomic E-state index is -0.449. The van der Waals surface area contributed by atoms with Gasteiger partial charge in [-0.05, 0) is 29.3 Å². The van der Waals surface area contributed by atoms with E-state index in [0.29, 0.717) is 16.3 Å². The first kappa shape index (κ1) is 15.9. The van der Waals surface area contributed by atoms with Gasteiger partial charge in [-0.1, -0.05) is 32.6 Å². The van der Waals surface area contributed by atoms with Gasteiger partial charge in [-0.15, -0.1) is 0 Å². The summed E-state index contributed by atoms with van der Waals surface area (Å²) in [5, 5.41) is 13.9. The van der Waals surface area contributed by atoms with Crippen molar-refractivity contribution in [3.05, 3.63) is 26.9 Å². The SMILES string of the molecule is CCCCCCC(C)Nc1ncc([N+](=O)[O-])cc1Br. The summed E-state index contributed by atoms with van der Waals surface area (Å²) in [7, 11) is 0. The molecule has 1 aromatic rings. The second-order valence-electron chi connectivity index (χ2n) is 4.68. The average molecular weight is 330 g/mol. The number of nitrogens with one attached hydrogen (secondary N) is 1. The zero-order valence-electron chi connectivity index (χ0n) is 11.4. The Bertz CT molecular complexity index is 426. The monoisotopic (exact) mass is 329 g/mol. The normalized spacial score (nSPS) is 12.2. The van der Waals surface area contributed by atoms with Crippen molar-refractivity contribution in [1.82, 2.24) is 4.98 Å². The van der Waals surface area contributed by atoms with Gasteiger partial charge in [0.15, 0.2) is 0 Å². The third-order valence-electron chi connectivity index (χ3n) is 2.91. The minimum Gasteiger partial charge on any atom is -0.367 e. The van der Waals surface area contributed by atoms with Gasteiger partial charge in [0.25, 0.3) is 5.69 Å². The molecule has 0 aliphatic heterocycles. The molecule has 1 N–H and O–H groups in total. The summed E-state index contributed by atoms with van der Waals surface area (Å²) >= 11 is 3.31. The summed E-state index contributed by atoms with van der Waals surface area (Å²) in [4.78, 5) is 14.2. The molecular weight excluding hydrogens is 310 g/mol. The van der Waals surface area contributed by atoms with Crippen LogP contribution in [0.15, 0.2) is 16.7 Å². The highest BCUT2D eigenvalue weighted by atomic mass is 79.9. The summed E-state index contributed by atoms with van der Waals surface area (Å²) in [6, 6.07) is 1.78. The molecule has 0 aliphatic rings. The van der Waals surface area contributed by atoms with Crippen LogP contribution in [-0.4, -0.2) is 15.9 Å². The highest BCUT2D eigenvalue weighted by molar-refractivity contribution is 9.10. The second kappa shape index (κ2) is 8.09. The number of pyridine rings is 1. The van der Waals surface area contributed by atoms with E-state index in [1.807, 2.05) is 0 Å². The molecular formula is C13H20BrN3O2. The maximum atomic E-state index is 10.6. The number of halogens is 1. The quantitative estimate of drug-likeness (QED) is 0.432. The molecule has 0 saturated carbocycles. The molecule has 0 spiro atoms. The topological polar surface area (TPSA) is 68.1 Å². The van der Waals surface area contributed by atoms with Gasteiger partial charge in [0, 0.05) is 12.1 Å². The zero-order chi connectivity index (χ0) is 14.3. The molecule has 0 aliphatic carbocycles. The lowest BCUT2D eigenvalue weighted by Crippen LogP contribution is -2.16. The van der Waals surface area contributed by atoms with Crippen LogP contribution in [0.4, 0.5) is 11.5 Å². The van der Waals surface area contributed by atoms with E-state index in [1.165, 1.54) is 37.9 Å². The van der Waals surface area contributed by atoms with Crippen molar-refractivity contribution in [2.24, 2.45) is 0 Å². The molecule has 1 rings (SSSR count). The van der Waals surface area contributed by atoms with E-state index < -0.39 is 4.92 Å². The van der Waals surface area contributed by atoms with Gasteiger partial charge < -0.3 is 5.32 Å². The highest BCUT2D eigenvalue weighted by Crippen LogP contribution is 2.25. The molecule has 1 atom stereocenters. The third kappa shape index (κ3) is 5.55. The molecule has 1 heterocycles. The van der Waals surface area contributed by atoms with Crippen LogP contribution in [0.1, 0.15) is 46.0 Å². The van der Waals surface area contributed by atoms with Gasteiger partial charge in [0.2, 0.25) is 0 Å². The fraction of sp³-hybridized carbons (Fsp3) is 0.615. The number of unbranched alkanes of at least 4 members (excludes halogenated alkanes) is 3. The molecule has 0 aromatic carbocycles. The van der Waals surface area contributed by atoms with E-state index in [0.717, 1.165) is 6.42 Å². The maximum Gasteiger partial charge on any atom is 0.288 e. The first-order valence-corrected chi connectivity index (χ1v) is 7.40. The number of hydrogen-bond donors (Lipinski definition) is 1. The van der Waals surface area contributed by atoms with Crippen LogP contribution in [0.25, 0.3) is 0 Å². The smallest absolute Gasteiger partial charge is 0.288 e. The average Bonchev–Trinajstić information content (AvgIpc) is 2.37. The van der Waals surface area contributed by atoms with E-state index >= 15 is 0 Å². The van der Waals surface area contributed by atoms with Gasteiger partial charge in [-0.2, -0.15) is 0 Å². The zero-order valence-corrected chi connectivity index (χ0v) is 12.9. The van der Waals surface area contributed by atoms with Gasteiger partial charge in [0.05, 0.1) is 9.40 Å². The number of hydrogen-bond acceptors (Lipinski definition) is 4. The summed E-state index contributed by atoms with van der Waals surface area (Å²) < 4.78 is 0.627. The van der Waals surface area contributed by atoms with Crippen LogP contribution in [0.3, 0.4) is 0 Å². The summed E-state index contributed by atoms with van der Waals surface area (Å²) in [5.74, 6) is 0.661. The van der Waals surface area contributed by atoms with Crippen LogP contribution >= 0.6 is 15.9 Å². The first-order chi connectivity index (χ1) is 9.04. The lowest BCUT2D eigenvalue weighted by Gasteiger charge is -2.15. The summed E-state index contributed by atoms with van der Waals surface area (Å²) in [6.07, 6.45) is 7.29. The van der Waals surface area contributed by atoms with E-state index in [9.17, 15) is 10.1 Å². The predicted molar refractivity (Wildman–Crippen MR) is 80.4 cm³/mol. The second-order valence-corrected chi connectivity index (χ2v) is 5.53. The number of rotatable bonds is 8. The number of nitrogens with zero attached hydrogens (tertiary/aromatic N) is 2. The van der Waals surface area contributed by atoms with Gasteiger partial charge >= 0.3 is 0 Å². The Hall–Kier alpha value is -1.17. The molecule has 6 heteroatoms. The molecule has 0 fully saturated rings. The van der Waals surface area contributed by atoms with Crippen molar-refractivity contribution >= 4 is 27.4 Å². The lowest BCUT2D eigenvalue weighted by atomic mass is 10.1. The molecule has 106 valence electrons. The van der Waals surface area contributed by atoms with E-state index in [4.69, 9.17) is 0 Å². The van der Waals surface area contributed by atoms with Gasteiger partial charge in [-0.3, -0.25) is 10.1 Å². The van der Waals surface area contributed by atoms with E-state index in [1.54, 1.807) is 0 Å². The molecule has 0 bridgehead atoms. The Balaban J connectivity index is 2.50. The van der Waals surface area contributed by atoms with Crippen molar-refractivity contribution in [2.75, 3.05) is 5.32 Å². The Morgan fingerprint density at radius 2 is 2.21 bits per heavy atom. The summed E-state index contributed by atoms with van der Waals surface area (Å²) in [5.41, 5.74) is -0.00646.